The third kappa shape index (κ3) is 1.90. The number of rotatable bonds is 2. The van der Waals surface area contributed by atoms with Gasteiger partial charge in [-0.2, -0.15) is 0 Å². The maximum Gasteiger partial charge on any atom is 0.0474 e. The Kier molecular flexibility index (Phi) is 2.95. The summed E-state index contributed by atoms with van der Waals surface area (Å²) in [5, 5.41) is 3.84. The van der Waals surface area contributed by atoms with E-state index in [4.69, 9.17) is 17.3 Å². The molecule has 3 N–H and O–H groups in total. The fraction of sp³-hybridized carbons (Fsp3) is 0.333. The summed E-state index contributed by atoms with van der Waals surface area (Å²) in [4.78, 5) is 0. The molecule has 3 heteroatoms. The molecule has 2 nitrogen and oxygen atoms in total. The smallest absolute Gasteiger partial charge is 0.0474 e. The van der Waals surface area contributed by atoms with Gasteiger partial charge in [0, 0.05) is 16.8 Å². The van der Waals surface area contributed by atoms with E-state index in [1.807, 2.05) is 19.2 Å². The average Bonchev–Trinajstić information content (AvgIpc) is 2.03. The summed E-state index contributed by atoms with van der Waals surface area (Å²) >= 11 is 5.98. The molecule has 12 heavy (non-hydrogen) atoms. The van der Waals surface area contributed by atoms with Crippen LogP contribution in [0.1, 0.15) is 18.5 Å². The van der Waals surface area contributed by atoms with Gasteiger partial charge in [0.2, 0.25) is 0 Å². The van der Waals surface area contributed by atoms with Gasteiger partial charge in [0.05, 0.1) is 0 Å². The summed E-state index contributed by atoms with van der Waals surface area (Å²) in [7, 11) is 1.90. The standard InChI is InChI=1S/C9H13ClN2/c1-6(12-2)8-4-3-7(11)5-9(8)10/h3-6,12H,11H2,1-2H3. The van der Waals surface area contributed by atoms with Gasteiger partial charge in [-0.25, -0.2) is 0 Å². The highest BCUT2D eigenvalue weighted by Gasteiger charge is 2.06. The van der Waals surface area contributed by atoms with Crippen molar-refractivity contribution >= 4 is 17.3 Å². The largest absolute Gasteiger partial charge is 0.399 e. The molecule has 66 valence electrons. The first-order valence-electron chi connectivity index (χ1n) is 3.87. The zero-order valence-corrected chi connectivity index (χ0v) is 8.02. The second-order valence-electron chi connectivity index (χ2n) is 2.79. The van der Waals surface area contributed by atoms with Crippen molar-refractivity contribution in [3.63, 3.8) is 0 Å². The van der Waals surface area contributed by atoms with Gasteiger partial charge in [-0.3, -0.25) is 0 Å². The van der Waals surface area contributed by atoms with E-state index in [1.165, 1.54) is 0 Å². The van der Waals surface area contributed by atoms with Crippen LogP contribution in [0.4, 0.5) is 5.69 Å². The van der Waals surface area contributed by atoms with Gasteiger partial charge in [-0.05, 0) is 31.7 Å². The summed E-state index contributed by atoms with van der Waals surface area (Å²) in [6.07, 6.45) is 0. The van der Waals surface area contributed by atoms with E-state index in [0.717, 1.165) is 10.6 Å². The molecule has 0 saturated carbocycles. The Bertz CT molecular complexity index is 273. The van der Waals surface area contributed by atoms with Crippen molar-refractivity contribution in [2.24, 2.45) is 0 Å². The Morgan fingerprint density at radius 2 is 2.17 bits per heavy atom. The monoisotopic (exact) mass is 184 g/mol. The first-order chi connectivity index (χ1) is 5.65. The Morgan fingerprint density at radius 1 is 1.50 bits per heavy atom. The van der Waals surface area contributed by atoms with Crippen molar-refractivity contribution in [3.05, 3.63) is 28.8 Å². The summed E-state index contributed by atoms with van der Waals surface area (Å²) in [6.45, 7) is 2.05. The molecular weight excluding hydrogens is 172 g/mol. The molecule has 0 heterocycles. The summed E-state index contributed by atoms with van der Waals surface area (Å²) in [5.41, 5.74) is 7.34. The first-order valence-corrected chi connectivity index (χ1v) is 4.25. The minimum absolute atomic E-state index is 0.262. The third-order valence-corrected chi connectivity index (χ3v) is 2.25. The summed E-state index contributed by atoms with van der Waals surface area (Å²) in [5.74, 6) is 0. The lowest BCUT2D eigenvalue weighted by atomic mass is 10.1. The van der Waals surface area contributed by atoms with E-state index in [2.05, 4.69) is 12.2 Å². The molecule has 0 radical (unpaired) electrons. The van der Waals surface area contributed by atoms with Crippen molar-refractivity contribution in [2.45, 2.75) is 13.0 Å². The fourth-order valence-corrected chi connectivity index (χ4v) is 1.40. The lowest BCUT2D eigenvalue weighted by Gasteiger charge is -2.12. The van der Waals surface area contributed by atoms with E-state index < -0.39 is 0 Å². The van der Waals surface area contributed by atoms with Crippen molar-refractivity contribution in [1.82, 2.24) is 5.32 Å². The second-order valence-corrected chi connectivity index (χ2v) is 3.20. The number of benzene rings is 1. The van der Waals surface area contributed by atoms with E-state index in [0.29, 0.717) is 5.69 Å². The van der Waals surface area contributed by atoms with Crippen molar-refractivity contribution in [2.75, 3.05) is 12.8 Å². The molecule has 1 rings (SSSR count). The molecule has 1 unspecified atom stereocenters. The molecule has 0 aliphatic rings. The second kappa shape index (κ2) is 3.78. The van der Waals surface area contributed by atoms with E-state index in [1.54, 1.807) is 6.07 Å². The molecule has 1 atom stereocenters. The van der Waals surface area contributed by atoms with Crippen molar-refractivity contribution in [1.29, 1.82) is 0 Å². The number of anilines is 1. The normalized spacial score (nSPS) is 12.9. The predicted octanol–water partition coefficient (Wildman–Crippen LogP) is 2.20. The van der Waals surface area contributed by atoms with E-state index in [-0.39, 0.29) is 6.04 Å². The van der Waals surface area contributed by atoms with E-state index in [9.17, 15) is 0 Å². The number of nitrogens with one attached hydrogen (secondary N) is 1. The molecule has 0 fully saturated rings. The van der Waals surface area contributed by atoms with Gasteiger partial charge in [-0.15, -0.1) is 0 Å². The lowest BCUT2D eigenvalue weighted by molar-refractivity contribution is 0.653. The highest BCUT2D eigenvalue weighted by molar-refractivity contribution is 6.31. The molecule has 1 aromatic carbocycles. The maximum atomic E-state index is 5.98. The van der Waals surface area contributed by atoms with E-state index >= 15 is 0 Å². The summed E-state index contributed by atoms with van der Waals surface area (Å²) in [6, 6.07) is 5.83. The molecule has 0 bridgehead atoms. The molecule has 0 aromatic heterocycles. The zero-order valence-electron chi connectivity index (χ0n) is 7.26. The molecule has 0 saturated heterocycles. The minimum Gasteiger partial charge on any atom is -0.399 e. The quantitative estimate of drug-likeness (QED) is 0.692. The van der Waals surface area contributed by atoms with Gasteiger partial charge in [-0.1, -0.05) is 17.7 Å². The van der Waals surface area contributed by atoms with Crippen molar-refractivity contribution in [3.8, 4) is 0 Å². The maximum absolute atomic E-state index is 5.98. The van der Waals surface area contributed by atoms with Crippen LogP contribution < -0.4 is 11.1 Å². The van der Waals surface area contributed by atoms with Gasteiger partial charge >= 0.3 is 0 Å². The molecule has 0 amide bonds. The van der Waals surface area contributed by atoms with Crippen LogP contribution in [0.5, 0.6) is 0 Å². The average molecular weight is 185 g/mol. The summed E-state index contributed by atoms with van der Waals surface area (Å²) < 4.78 is 0. The molecule has 0 aliphatic carbocycles. The number of nitrogens with two attached hydrogens (primary N) is 1. The first kappa shape index (κ1) is 9.36. The Labute approximate surface area is 77.7 Å². The minimum atomic E-state index is 0.262. The van der Waals surface area contributed by atoms with Gasteiger partial charge in [0.25, 0.3) is 0 Å². The van der Waals surface area contributed by atoms with Gasteiger partial charge < -0.3 is 11.1 Å². The van der Waals surface area contributed by atoms with Crippen LogP contribution in [-0.2, 0) is 0 Å². The number of halogens is 1. The highest BCUT2D eigenvalue weighted by atomic mass is 35.5. The Morgan fingerprint density at radius 3 is 2.67 bits per heavy atom. The SMILES string of the molecule is CNC(C)c1ccc(N)cc1Cl. The Balaban J connectivity index is 3.01. The van der Waals surface area contributed by atoms with Crippen LogP contribution in [0.15, 0.2) is 18.2 Å². The van der Waals surface area contributed by atoms with Gasteiger partial charge in [0.15, 0.2) is 0 Å². The van der Waals surface area contributed by atoms with Crippen LogP contribution in [0.25, 0.3) is 0 Å². The van der Waals surface area contributed by atoms with Crippen molar-refractivity contribution < 1.29 is 0 Å². The molecule has 0 spiro atoms. The number of hydrogen-bond donors (Lipinski definition) is 2. The fourth-order valence-electron chi connectivity index (χ4n) is 1.05. The molecule has 1 aromatic rings. The van der Waals surface area contributed by atoms with Crippen LogP contribution in [0, 0.1) is 0 Å². The van der Waals surface area contributed by atoms with Crippen LogP contribution >= 0.6 is 11.6 Å². The topological polar surface area (TPSA) is 38.0 Å². The van der Waals surface area contributed by atoms with Crippen LogP contribution in [0.2, 0.25) is 5.02 Å². The zero-order chi connectivity index (χ0) is 9.14. The number of nitrogen functional groups attached to an aromatic ring is 1. The Hall–Kier alpha value is -0.730. The number of hydrogen-bond acceptors (Lipinski definition) is 2. The third-order valence-electron chi connectivity index (χ3n) is 1.92. The highest BCUT2D eigenvalue weighted by Crippen LogP contribution is 2.24. The van der Waals surface area contributed by atoms with Crippen LogP contribution in [0.3, 0.4) is 0 Å². The lowest BCUT2D eigenvalue weighted by Crippen LogP contribution is -2.12. The van der Waals surface area contributed by atoms with Crippen LogP contribution in [-0.4, -0.2) is 7.05 Å². The molecule has 0 aliphatic heterocycles. The molecular formula is C9H13ClN2. The predicted molar refractivity (Wildman–Crippen MR) is 53.3 cm³/mol. The van der Waals surface area contributed by atoms with Gasteiger partial charge in [0.1, 0.15) is 0 Å².